The number of furan rings is 2. The van der Waals surface area contributed by atoms with Crippen LogP contribution in [0, 0.1) is 0 Å². The first-order valence-corrected chi connectivity index (χ1v) is 17.9. The second-order valence-corrected chi connectivity index (χ2v) is 13.6. The van der Waals surface area contributed by atoms with E-state index in [0.29, 0.717) is 6.54 Å². The molecule has 0 atom stereocenters. The van der Waals surface area contributed by atoms with Gasteiger partial charge in [-0.15, -0.1) is 0 Å². The van der Waals surface area contributed by atoms with E-state index in [1.54, 1.807) is 0 Å². The van der Waals surface area contributed by atoms with E-state index in [9.17, 15) is 0 Å². The lowest BCUT2D eigenvalue weighted by Crippen LogP contribution is -1.99. The molecule has 11 rings (SSSR count). The molecule has 0 aliphatic rings. The van der Waals surface area contributed by atoms with E-state index < -0.39 is 0 Å². The molecular formula is C48H35N3O2. The minimum Gasteiger partial charge on any atom is -0.458 e. The molecule has 0 saturated heterocycles. The second-order valence-electron chi connectivity index (χ2n) is 13.6. The summed E-state index contributed by atoms with van der Waals surface area (Å²) >= 11 is 0. The Labute approximate surface area is 305 Å². The van der Waals surface area contributed by atoms with Crippen LogP contribution in [0.15, 0.2) is 173 Å². The summed E-state index contributed by atoms with van der Waals surface area (Å²) in [5.41, 5.74) is 21.4. The minimum atomic E-state index is 0.514. The van der Waals surface area contributed by atoms with Crippen LogP contribution in [0.4, 0.5) is 5.69 Å². The quantitative estimate of drug-likeness (QED) is 0.181. The first-order valence-electron chi connectivity index (χ1n) is 17.9. The average molecular weight is 686 g/mol. The molecule has 11 aromatic rings. The number of para-hydroxylation sites is 3. The predicted octanol–water partition coefficient (Wildman–Crippen LogP) is 12.1. The Bertz CT molecular complexity index is 3150. The number of rotatable bonds is 4. The number of hydrogen-bond acceptors (Lipinski definition) is 4. The lowest BCUT2D eigenvalue weighted by molar-refractivity contribution is 0.565. The molecular weight excluding hydrogens is 651 g/mol. The molecule has 53 heavy (non-hydrogen) atoms. The fourth-order valence-electron chi connectivity index (χ4n) is 7.98. The van der Waals surface area contributed by atoms with Crippen LogP contribution >= 0.6 is 0 Å². The third-order valence-corrected chi connectivity index (χ3v) is 10.5. The number of aromatic nitrogens is 1. The molecule has 0 bridgehead atoms. The van der Waals surface area contributed by atoms with Gasteiger partial charge in [0.15, 0.2) is 0 Å². The average Bonchev–Trinajstić information content (AvgIpc) is 3.87. The SMILES string of the molecule is NCc1cccc(-n2c3ccccc3c3ccc4c(ccc5ccc6c7ccccc7oc6c54)c32)c1.Nc1c(Cc2ccccc2)oc2ccccc12. The molecule has 5 nitrogen and oxygen atoms in total. The van der Waals surface area contributed by atoms with Crippen molar-refractivity contribution >= 4 is 81.9 Å². The molecule has 0 aliphatic carbocycles. The predicted molar refractivity (Wildman–Crippen MR) is 221 cm³/mol. The molecule has 5 heteroatoms. The Hall–Kier alpha value is -6.82. The van der Waals surface area contributed by atoms with E-state index in [0.717, 1.165) is 67.4 Å². The summed E-state index contributed by atoms with van der Waals surface area (Å²) in [5, 5.41) is 10.5. The van der Waals surface area contributed by atoms with E-state index in [-0.39, 0.29) is 0 Å². The van der Waals surface area contributed by atoms with E-state index in [4.69, 9.17) is 20.3 Å². The van der Waals surface area contributed by atoms with Crippen LogP contribution < -0.4 is 11.5 Å². The molecule has 8 aromatic carbocycles. The number of fused-ring (bicyclic) bond motifs is 12. The highest BCUT2D eigenvalue weighted by Gasteiger charge is 2.18. The smallest absolute Gasteiger partial charge is 0.143 e. The van der Waals surface area contributed by atoms with Crippen LogP contribution in [0.5, 0.6) is 0 Å². The summed E-state index contributed by atoms with van der Waals surface area (Å²) in [4.78, 5) is 0. The Morgan fingerprint density at radius 3 is 1.91 bits per heavy atom. The molecule has 3 heterocycles. The van der Waals surface area contributed by atoms with E-state index >= 15 is 0 Å². The maximum Gasteiger partial charge on any atom is 0.143 e. The maximum atomic E-state index is 6.47. The number of anilines is 1. The van der Waals surface area contributed by atoms with Gasteiger partial charge in [-0.2, -0.15) is 0 Å². The van der Waals surface area contributed by atoms with Crippen molar-refractivity contribution in [1.29, 1.82) is 0 Å². The number of hydrogen-bond donors (Lipinski definition) is 2. The first-order chi connectivity index (χ1) is 26.2. The summed E-state index contributed by atoms with van der Waals surface area (Å²) in [6.07, 6.45) is 0.737. The number of nitrogens with two attached hydrogens (primary N) is 2. The lowest BCUT2D eigenvalue weighted by Gasteiger charge is -2.12. The van der Waals surface area contributed by atoms with Crippen molar-refractivity contribution in [3.05, 3.63) is 181 Å². The fourth-order valence-corrected chi connectivity index (χ4v) is 7.98. The van der Waals surface area contributed by atoms with E-state index in [1.165, 1.54) is 43.5 Å². The molecule has 0 amide bonds. The minimum absolute atomic E-state index is 0.514. The van der Waals surface area contributed by atoms with Crippen LogP contribution in [0.1, 0.15) is 16.9 Å². The van der Waals surface area contributed by atoms with Crippen LogP contribution in [0.3, 0.4) is 0 Å². The molecule has 4 N–H and O–H groups in total. The second kappa shape index (κ2) is 12.4. The monoisotopic (exact) mass is 685 g/mol. The lowest BCUT2D eigenvalue weighted by atomic mass is 9.97. The zero-order valence-electron chi connectivity index (χ0n) is 28.9. The first kappa shape index (κ1) is 31.0. The van der Waals surface area contributed by atoms with Crippen LogP contribution in [0.2, 0.25) is 0 Å². The maximum absolute atomic E-state index is 6.47. The largest absolute Gasteiger partial charge is 0.458 e. The fraction of sp³-hybridized carbons (Fsp3) is 0.0417. The highest BCUT2D eigenvalue weighted by Crippen LogP contribution is 2.42. The highest BCUT2D eigenvalue weighted by atomic mass is 16.3. The molecule has 0 spiro atoms. The van der Waals surface area contributed by atoms with Crippen LogP contribution in [-0.4, -0.2) is 4.57 Å². The van der Waals surface area contributed by atoms with E-state index in [1.807, 2.05) is 54.6 Å². The highest BCUT2D eigenvalue weighted by molar-refractivity contribution is 6.28. The Morgan fingerprint density at radius 1 is 0.491 bits per heavy atom. The van der Waals surface area contributed by atoms with Gasteiger partial charge >= 0.3 is 0 Å². The van der Waals surface area contributed by atoms with Crippen LogP contribution in [0.25, 0.3) is 81.9 Å². The van der Waals surface area contributed by atoms with Gasteiger partial charge in [0, 0.05) is 56.4 Å². The van der Waals surface area contributed by atoms with Gasteiger partial charge in [0.1, 0.15) is 22.5 Å². The van der Waals surface area contributed by atoms with Gasteiger partial charge in [-0.3, -0.25) is 0 Å². The Balaban J connectivity index is 0.000000172. The molecule has 3 aromatic heterocycles. The van der Waals surface area contributed by atoms with Crippen molar-refractivity contribution in [2.75, 3.05) is 5.73 Å². The summed E-state index contributed by atoms with van der Waals surface area (Å²) in [6.45, 7) is 0.514. The molecule has 0 aliphatic heterocycles. The van der Waals surface area contributed by atoms with Crippen molar-refractivity contribution in [3.63, 3.8) is 0 Å². The summed E-state index contributed by atoms with van der Waals surface area (Å²) in [5.74, 6) is 0.845. The number of nitrogen functional groups attached to an aromatic ring is 1. The summed E-state index contributed by atoms with van der Waals surface area (Å²) in [6, 6.07) is 57.0. The third-order valence-electron chi connectivity index (χ3n) is 10.5. The number of benzene rings is 8. The molecule has 0 unspecified atom stereocenters. The molecule has 254 valence electrons. The Kier molecular flexibility index (Phi) is 7.27. The van der Waals surface area contributed by atoms with Crippen molar-refractivity contribution in [1.82, 2.24) is 4.57 Å². The zero-order chi connectivity index (χ0) is 35.5. The number of nitrogens with zero attached hydrogens (tertiary/aromatic N) is 1. The van der Waals surface area contributed by atoms with Gasteiger partial charge in [0.05, 0.1) is 16.7 Å². The third kappa shape index (κ3) is 5.05. The summed E-state index contributed by atoms with van der Waals surface area (Å²) < 4.78 is 14.6. The molecule has 0 saturated carbocycles. The van der Waals surface area contributed by atoms with Gasteiger partial charge in [0.25, 0.3) is 0 Å². The summed E-state index contributed by atoms with van der Waals surface area (Å²) in [7, 11) is 0. The van der Waals surface area contributed by atoms with Gasteiger partial charge in [-0.25, -0.2) is 0 Å². The van der Waals surface area contributed by atoms with Crippen molar-refractivity contribution < 1.29 is 8.83 Å². The Morgan fingerprint density at radius 2 is 1.11 bits per heavy atom. The van der Waals surface area contributed by atoms with Crippen molar-refractivity contribution in [3.8, 4) is 5.69 Å². The van der Waals surface area contributed by atoms with Gasteiger partial charge in [-0.05, 0) is 64.4 Å². The normalized spacial score (nSPS) is 11.7. The van der Waals surface area contributed by atoms with Crippen molar-refractivity contribution in [2.24, 2.45) is 5.73 Å². The van der Waals surface area contributed by atoms with E-state index in [2.05, 4.69) is 114 Å². The zero-order valence-corrected chi connectivity index (χ0v) is 28.9. The topological polar surface area (TPSA) is 83.2 Å². The molecule has 0 fully saturated rings. The van der Waals surface area contributed by atoms with Crippen LogP contribution in [-0.2, 0) is 13.0 Å². The van der Waals surface area contributed by atoms with Crippen molar-refractivity contribution in [2.45, 2.75) is 13.0 Å². The van der Waals surface area contributed by atoms with Gasteiger partial charge in [0.2, 0.25) is 0 Å². The van der Waals surface area contributed by atoms with Gasteiger partial charge < -0.3 is 24.9 Å². The molecule has 0 radical (unpaired) electrons. The van der Waals surface area contributed by atoms with Gasteiger partial charge in [-0.1, -0.05) is 121 Å². The standard InChI is InChI=1S/C33H22N2O.C15H13NO/c34-19-20-6-5-7-22(18-20)35-29-10-3-1-8-23(29)26-17-16-25-27(32(26)35)14-12-21-13-15-28-24-9-2-4-11-30(24)36-33(28)31(21)25;16-15-12-8-4-5-9-13(12)17-14(15)10-11-6-2-1-3-7-11/h1-18H,19,34H2;1-9H,10,16H2.